The van der Waals surface area contributed by atoms with E-state index in [9.17, 15) is 0 Å². The van der Waals surface area contributed by atoms with Gasteiger partial charge in [0, 0.05) is 18.6 Å². The molecule has 1 fully saturated rings. The standard InChI is InChI=1S/C18H20N6O/c1-12-9-25-7-6-15(12)23-10-21-14-8-19-18(22-17(14)23)24-11-20-13-4-2-3-5-16(13)24/h2-5,8,11-12,15,21H,6-7,9-10H2,1H3/t12-,15+/m1/s1. The number of hydrogen-bond acceptors (Lipinski definition) is 6. The number of ether oxygens (including phenoxy) is 1. The zero-order valence-corrected chi connectivity index (χ0v) is 14.1. The third-order valence-electron chi connectivity index (χ3n) is 5.13. The Balaban J connectivity index is 1.56. The van der Waals surface area contributed by atoms with Crippen LogP contribution in [0.4, 0.5) is 11.5 Å². The number of aromatic nitrogens is 4. The van der Waals surface area contributed by atoms with Crippen LogP contribution < -0.4 is 10.2 Å². The molecule has 0 saturated carbocycles. The average Bonchev–Trinajstić information content (AvgIpc) is 3.26. The summed E-state index contributed by atoms with van der Waals surface area (Å²) in [4.78, 5) is 16.2. The minimum atomic E-state index is 0.435. The topological polar surface area (TPSA) is 68.1 Å². The number of rotatable bonds is 2. The molecule has 25 heavy (non-hydrogen) atoms. The number of benzene rings is 1. The molecule has 2 aromatic heterocycles. The minimum absolute atomic E-state index is 0.435. The highest BCUT2D eigenvalue weighted by atomic mass is 16.5. The van der Waals surface area contributed by atoms with E-state index < -0.39 is 0 Å². The van der Waals surface area contributed by atoms with Crippen LogP contribution in [0.3, 0.4) is 0 Å². The van der Waals surface area contributed by atoms with Crippen molar-refractivity contribution in [2.75, 3.05) is 30.1 Å². The van der Waals surface area contributed by atoms with Gasteiger partial charge in [-0.3, -0.25) is 4.57 Å². The number of fused-ring (bicyclic) bond motifs is 2. The van der Waals surface area contributed by atoms with Gasteiger partial charge in [-0.15, -0.1) is 0 Å². The average molecular weight is 336 g/mol. The van der Waals surface area contributed by atoms with E-state index in [1.807, 2.05) is 35.0 Å². The van der Waals surface area contributed by atoms with Gasteiger partial charge in [-0.2, -0.15) is 4.98 Å². The Morgan fingerprint density at radius 3 is 3.08 bits per heavy atom. The van der Waals surface area contributed by atoms with Gasteiger partial charge >= 0.3 is 0 Å². The van der Waals surface area contributed by atoms with E-state index in [1.165, 1.54) is 0 Å². The molecule has 7 nitrogen and oxygen atoms in total. The Hall–Kier alpha value is -2.67. The number of anilines is 2. The fraction of sp³-hybridized carbons (Fsp3) is 0.389. The fourth-order valence-corrected chi connectivity index (χ4v) is 3.79. The first-order valence-corrected chi connectivity index (χ1v) is 8.69. The molecule has 0 unspecified atom stereocenters. The van der Waals surface area contributed by atoms with Crippen molar-refractivity contribution in [1.29, 1.82) is 0 Å². The van der Waals surface area contributed by atoms with Gasteiger partial charge in [0.05, 0.1) is 36.2 Å². The third kappa shape index (κ3) is 2.34. The first-order valence-electron chi connectivity index (χ1n) is 8.69. The highest BCUT2D eigenvalue weighted by molar-refractivity contribution is 5.77. The Morgan fingerprint density at radius 2 is 2.16 bits per heavy atom. The second kappa shape index (κ2) is 5.70. The monoisotopic (exact) mass is 336 g/mol. The summed E-state index contributed by atoms with van der Waals surface area (Å²) in [5.41, 5.74) is 2.95. The maximum Gasteiger partial charge on any atom is 0.237 e. The molecule has 3 aromatic rings. The van der Waals surface area contributed by atoms with Gasteiger partial charge in [0.2, 0.25) is 5.95 Å². The number of nitrogens with one attached hydrogen (secondary N) is 1. The maximum absolute atomic E-state index is 5.60. The van der Waals surface area contributed by atoms with Crippen molar-refractivity contribution >= 4 is 22.5 Å². The zero-order chi connectivity index (χ0) is 16.8. The Bertz CT molecular complexity index is 923. The van der Waals surface area contributed by atoms with Crippen LogP contribution in [0.1, 0.15) is 13.3 Å². The molecule has 1 saturated heterocycles. The Kier molecular flexibility index (Phi) is 3.34. The molecule has 7 heteroatoms. The molecule has 0 bridgehead atoms. The summed E-state index contributed by atoms with van der Waals surface area (Å²) in [7, 11) is 0. The van der Waals surface area contributed by atoms with E-state index in [1.54, 1.807) is 6.33 Å². The molecule has 0 aliphatic carbocycles. The van der Waals surface area contributed by atoms with E-state index in [0.717, 1.165) is 48.8 Å². The van der Waals surface area contributed by atoms with Gasteiger partial charge < -0.3 is 15.0 Å². The van der Waals surface area contributed by atoms with Crippen LogP contribution >= 0.6 is 0 Å². The summed E-state index contributed by atoms with van der Waals surface area (Å²) in [6, 6.07) is 8.46. The summed E-state index contributed by atoms with van der Waals surface area (Å²) in [6.07, 6.45) is 4.68. The van der Waals surface area contributed by atoms with Crippen LogP contribution in [-0.4, -0.2) is 45.4 Å². The second-order valence-corrected chi connectivity index (χ2v) is 6.72. The van der Waals surface area contributed by atoms with Gasteiger partial charge in [0.15, 0.2) is 5.82 Å². The van der Waals surface area contributed by atoms with Crippen LogP contribution in [0.15, 0.2) is 36.8 Å². The van der Waals surface area contributed by atoms with Crippen molar-refractivity contribution < 1.29 is 4.74 Å². The van der Waals surface area contributed by atoms with E-state index >= 15 is 0 Å². The van der Waals surface area contributed by atoms with Crippen LogP contribution in [0.25, 0.3) is 17.0 Å². The van der Waals surface area contributed by atoms with E-state index in [2.05, 4.69) is 27.1 Å². The van der Waals surface area contributed by atoms with Crippen molar-refractivity contribution in [3.05, 3.63) is 36.8 Å². The van der Waals surface area contributed by atoms with Gasteiger partial charge in [0.25, 0.3) is 0 Å². The maximum atomic E-state index is 5.60. The molecule has 5 rings (SSSR count). The highest BCUT2D eigenvalue weighted by Crippen LogP contribution is 2.34. The summed E-state index contributed by atoms with van der Waals surface area (Å²) < 4.78 is 7.54. The van der Waals surface area contributed by atoms with Crippen LogP contribution in [0.2, 0.25) is 0 Å². The van der Waals surface area contributed by atoms with Crippen molar-refractivity contribution in [1.82, 2.24) is 19.5 Å². The summed E-state index contributed by atoms with van der Waals surface area (Å²) in [5, 5.41) is 3.41. The van der Waals surface area contributed by atoms with E-state index in [-0.39, 0.29) is 0 Å². The molecule has 0 amide bonds. The lowest BCUT2D eigenvalue weighted by Gasteiger charge is -2.36. The lowest BCUT2D eigenvalue weighted by atomic mass is 9.96. The number of hydrogen-bond donors (Lipinski definition) is 1. The van der Waals surface area contributed by atoms with Crippen molar-refractivity contribution in [3.8, 4) is 5.95 Å². The van der Waals surface area contributed by atoms with Crippen molar-refractivity contribution in [2.45, 2.75) is 19.4 Å². The summed E-state index contributed by atoms with van der Waals surface area (Å²) >= 11 is 0. The lowest BCUT2D eigenvalue weighted by molar-refractivity contribution is 0.0471. The van der Waals surface area contributed by atoms with Crippen molar-refractivity contribution in [2.24, 2.45) is 5.92 Å². The molecular weight excluding hydrogens is 316 g/mol. The normalized spacial score (nSPS) is 22.8. The number of nitrogens with zero attached hydrogens (tertiary/aromatic N) is 5. The lowest BCUT2D eigenvalue weighted by Crippen LogP contribution is -2.45. The van der Waals surface area contributed by atoms with Crippen molar-refractivity contribution in [3.63, 3.8) is 0 Å². The first-order chi connectivity index (χ1) is 12.3. The minimum Gasteiger partial charge on any atom is -0.381 e. The van der Waals surface area contributed by atoms with Gasteiger partial charge in [-0.05, 0) is 18.6 Å². The Labute approximate surface area is 145 Å². The number of imidazole rings is 1. The molecular formula is C18H20N6O. The molecule has 1 N–H and O–H groups in total. The molecule has 2 aliphatic heterocycles. The second-order valence-electron chi connectivity index (χ2n) is 6.72. The molecule has 0 radical (unpaired) electrons. The van der Waals surface area contributed by atoms with Gasteiger partial charge in [0.1, 0.15) is 6.33 Å². The molecule has 1 aromatic carbocycles. The molecule has 4 heterocycles. The molecule has 0 spiro atoms. The fourth-order valence-electron chi connectivity index (χ4n) is 3.79. The number of para-hydroxylation sites is 2. The molecule has 2 atom stereocenters. The van der Waals surface area contributed by atoms with Crippen LogP contribution in [0.5, 0.6) is 0 Å². The van der Waals surface area contributed by atoms with E-state index in [4.69, 9.17) is 9.72 Å². The molecule has 2 aliphatic rings. The SMILES string of the molecule is C[C@@H]1COCC[C@@H]1N1CNc2cnc(-n3cnc4ccccc43)nc21. The predicted octanol–water partition coefficient (Wildman–Crippen LogP) is 2.43. The zero-order valence-electron chi connectivity index (χ0n) is 14.1. The Morgan fingerprint density at radius 1 is 1.24 bits per heavy atom. The first kappa shape index (κ1) is 14.7. The van der Waals surface area contributed by atoms with E-state index in [0.29, 0.717) is 17.9 Å². The van der Waals surface area contributed by atoms with Gasteiger partial charge in [-0.1, -0.05) is 19.1 Å². The van der Waals surface area contributed by atoms with Crippen LogP contribution in [-0.2, 0) is 4.74 Å². The molecule has 128 valence electrons. The summed E-state index contributed by atoms with van der Waals surface area (Å²) in [5.74, 6) is 2.11. The largest absolute Gasteiger partial charge is 0.381 e. The van der Waals surface area contributed by atoms with Crippen LogP contribution in [0, 0.1) is 5.92 Å². The smallest absolute Gasteiger partial charge is 0.237 e. The third-order valence-corrected chi connectivity index (χ3v) is 5.13. The summed E-state index contributed by atoms with van der Waals surface area (Å²) in [6.45, 7) is 4.63. The highest BCUT2D eigenvalue weighted by Gasteiger charge is 2.33. The van der Waals surface area contributed by atoms with Gasteiger partial charge in [-0.25, -0.2) is 9.97 Å². The predicted molar refractivity (Wildman–Crippen MR) is 96.0 cm³/mol. The quantitative estimate of drug-likeness (QED) is 0.775.